The highest BCUT2D eigenvalue weighted by atomic mass is 19.4. The first-order chi connectivity index (χ1) is 9.23. The number of nitrogens with zero attached hydrogens (tertiary/aromatic N) is 1. The Morgan fingerprint density at radius 1 is 1.35 bits per heavy atom. The van der Waals surface area contributed by atoms with Crippen LogP contribution in [-0.2, 0) is 4.79 Å². The minimum atomic E-state index is -4.21. The molecule has 0 aromatic rings. The van der Waals surface area contributed by atoms with E-state index >= 15 is 0 Å². The Labute approximate surface area is 117 Å². The van der Waals surface area contributed by atoms with Gasteiger partial charge in [-0.15, -0.1) is 0 Å². The third-order valence-corrected chi connectivity index (χ3v) is 4.28. The van der Waals surface area contributed by atoms with Crippen LogP contribution in [0.1, 0.15) is 52.4 Å². The number of rotatable bonds is 4. The van der Waals surface area contributed by atoms with Crippen LogP contribution in [0.3, 0.4) is 0 Å². The molecule has 3 nitrogen and oxygen atoms in total. The van der Waals surface area contributed by atoms with E-state index in [4.69, 9.17) is 0 Å². The van der Waals surface area contributed by atoms with Crippen LogP contribution in [0.4, 0.5) is 13.2 Å². The maximum absolute atomic E-state index is 12.5. The van der Waals surface area contributed by atoms with Gasteiger partial charge in [0.1, 0.15) is 0 Å². The molecule has 1 amide bonds. The first-order valence-corrected chi connectivity index (χ1v) is 7.39. The summed E-state index contributed by atoms with van der Waals surface area (Å²) in [6, 6.07) is 0. The summed E-state index contributed by atoms with van der Waals surface area (Å²) < 4.78 is 37.3. The highest BCUT2D eigenvalue weighted by Gasteiger charge is 2.52. The quantitative estimate of drug-likeness (QED) is 0.863. The standard InChI is InChI=1S/C14H23F3N2O/c1-10(2)9-11-18-13(5-3-4-6-13)12(20)19(11)8-7-14(15,16)17/h10-11,18H,3-9H2,1-2H3. The van der Waals surface area contributed by atoms with Crippen molar-refractivity contribution in [2.24, 2.45) is 5.92 Å². The van der Waals surface area contributed by atoms with Gasteiger partial charge < -0.3 is 4.90 Å². The molecule has 0 aromatic carbocycles. The van der Waals surface area contributed by atoms with Crippen molar-refractivity contribution in [2.75, 3.05) is 6.54 Å². The molecule has 0 bridgehead atoms. The van der Waals surface area contributed by atoms with Crippen molar-refractivity contribution in [2.45, 2.75) is 70.3 Å². The lowest BCUT2D eigenvalue weighted by atomic mass is 9.98. The van der Waals surface area contributed by atoms with Crippen LogP contribution in [0.25, 0.3) is 0 Å². The Balaban J connectivity index is 2.10. The fourth-order valence-electron chi connectivity index (χ4n) is 3.35. The summed E-state index contributed by atoms with van der Waals surface area (Å²) in [6.45, 7) is 3.82. The van der Waals surface area contributed by atoms with Crippen molar-refractivity contribution in [3.63, 3.8) is 0 Å². The topological polar surface area (TPSA) is 32.3 Å². The maximum atomic E-state index is 12.5. The van der Waals surface area contributed by atoms with Crippen LogP contribution in [0.15, 0.2) is 0 Å². The molecular weight excluding hydrogens is 269 g/mol. The van der Waals surface area contributed by atoms with E-state index in [0.717, 1.165) is 25.7 Å². The van der Waals surface area contributed by atoms with Gasteiger partial charge in [0, 0.05) is 6.54 Å². The highest BCUT2D eigenvalue weighted by Crippen LogP contribution is 2.38. The van der Waals surface area contributed by atoms with Crippen molar-refractivity contribution < 1.29 is 18.0 Å². The molecule has 2 fully saturated rings. The number of hydrogen-bond acceptors (Lipinski definition) is 2. The molecule has 1 aliphatic carbocycles. The Morgan fingerprint density at radius 3 is 2.45 bits per heavy atom. The lowest BCUT2D eigenvalue weighted by Gasteiger charge is -2.25. The number of carbonyl (C=O) groups excluding carboxylic acids is 1. The average Bonchev–Trinajstić information content (AvgIpc) is 2.84. The summed E-state index contributed by atoms with van der Waals surface area (Å²) in [5.41, 5.74) is -0.578. The number of hydrogen-bond donors (Lipinski definition) is 1. The van der Waals surface area contributed by atoms with Gasteiger partial charge in [-0.25, -0.2) is 0 Å². The molecule has 116 valence electrons. The van der Waals surface area contributed by atoms with Crippen molar-refractivity contribution in [3.05, 3.63) is 0 Å². The van der Waals surface area contributed by atoms with Gasteiger partial charge in [0.05, 0.1) is 18.1 Å². The summed E-state index contributed by atoms with van der Waals surface area (Å²) >= 11 is 0. The third kappa shape index (κ3) is 3.27. The second-order valence-corrected chi connectivity index (χ2v) is 6.44. The van der Waals surface area contributed by atoms with Gasteiger partial charge in [0.15, 0.2) is 0 Å². The molecule has 1 heterocycles. The van der Waals surface area contributed by atoms with Crippen LogP contribution in [-0.4, -0.2) is 35.2 Å². The summed E-state index contributed by atoms with van der Waals surface area (Å²) in [5.74, 6) is 0.218. The smallest absolute Gasteiger partial charge is 0.325 e. The lowest BCUT2D eigenvalue weighted by molar-refractivity contribution is -0.146. The van der Waals surface area contributed by atoms with Crippen molar-refractivity contribution >= 4 is 5.91 Å². The van der Waals surface area contributed by atoms with E-state index in [2.05, 4.69) is 5.32 Å². The Hall–Kier alpha value is -0.780. The Morgan fingerprint density at radius 2 is 1.95 bits per heavy atom. The Kier molecular flexibility index (Phi) is 4.33. The van der Waals surface area contributed by atoms with E-state index in [0.29, 0.717) is 12.3 Å². The van der Waals surface area contributed by atoms with Gasteiger partial charge >= 0.3 is 6.18 Å². The van der Waals surface area contributed by atoms with Gasteiger partial charge in [0.25, 0.3) is 0 Å². The molecular formula is C14H23F3N2O. The molecule has 0 radical (unpaired) electrons. The molecule has 1 N–H and O–H groups in total. The third-order valence-electron chi connectivity index (χ3n) is 4.28. The number of amides is 1. The lowest BCUT2D eigenvalue weighted by Crippen LogP contribution is -2.44. The fraction of sp³-hybridized carbons (Fsp3) is 0.929. The zero-order valence-corrected chi connectivity index (χ0v) is 12.1. The van der Waals surface area contributed by atoms with Crippen molar-refractivity contribution in [3.8, 4) is 0 Å². The van der Waals surface area contributed by atoms with E-state index in [1.165, 1.54) is 4.90 Å². The molecule has 1 unspecified atom stereocenters. The van der Waals surface area contributed by atoms with Gasteiger partial charge in [-0.3, -0.25) is 10.1 Å². The fourth-order valence-corrected chi connectivity index (χ4v) is 3.35. The highest BCUT2D eigenvalue weighted by molar-refractivity contribution is 5.89. The zero-order valence-electron chi connectivity index (χ0n) is 12.1. The van der Waals surface area contributed by atoms with Crippen LogP contribution in [0.2, 0.25) is 0 Å². The van der Waals surface area contributed by atoms with Crippen LogP contribution >= 0.6 is 0 Å². The molecule has 2 aliphatic rings. The molecule has 1 spiro atoms. The monoisotopic (exact) mass is 292 g/mol. The van der Waals surface area contributed by atoms with Crippen molar-refractivity contribution in [1.82, 2.24) is 10.2 Å². The van der Waals surface area contributed by atoms with E-state index < -0.39 is 18.1 Å². The summed E-state index contributed by atoms with van der Waals surface area (Å²) in [7, 11) is 0. The van der Waals surface area contributed by atoms with E-state index in [1.807, 2.05) is 13.8 Å². The number of alkyl halides is 3. The summed E-state index contributed by atoms with van der Waals surface area (Å²) in [5, 5.41) is 3.34. The second kappa shape index (κ2) is 5.54. The maximum Gasteiger partial charge on any atom is 0.390 e. The molecule has 1 atom stereocenters. The minimum Gasteiger partial charge on any atom is -0.325 e. The van der Waals surface area contributed by atoms with E-state index in [9.17, 15) is 18.0 Å². The molecule has 20 heavy (non-hydrogen) atoms. The predicted octanol–water partition coefficient (Wildman–Crippen LogP) is 3.06. The van der Waals surface area contributed by atoms with Gasteiger partial charge in [-0.1, -0.05) is 26.7 Å². The largest absolute Gasteiger partial charge is 0.390 e. The second-order valence-electron chi connectivity index (χ2n) is 6.44. The van der Waals surface area contributed by atoms with Crippen LogP contribution in [0, 0.1) is 5.92 Å². The van der Waals surface area contributed by atoms with E-state index in [1.54, 1.807) is 0 Å². The molecule has 1 saturated heterocycles. The first kappa shape index (κ1) is 15.6. The van der Waals surface area contributed by atoms with Crippen LogP contribution < -0.4 is 5.32 Å². The van der Waals surface area contributed by atoms with Gasteiger partial charge in [-0.2, -0.15) is 13.2 Å². The van der Waals surface area contributed by atoms with E-state index in [-0.39, 0.29) is 18.6 Å². The number of nitrogens with one attached hydrogen (secondary N) is 1. The molecule has 6 heteroatoms. The number of halogens is 3. The van der Waals surface area contributed by atoms with Gasteiger partial charge in [0.2, 0.25) is 5.91 Å². The molecule has 1 aliphatic heterocycles. The summed E-state index contributed by atoms with van der Waals surface area (Å²) in [6.07, 6.45) is -1.24. The Bertz CT molecular complexity index is 362. The molecule has 1 saturated carbocycles. The SMILES string of the molecule is CC(C)CC1NC2(CCCC2)C(=O)N1CCC(F)(F)F. The minimum absolute atomic E-state index is 0.120. The average molecular weight is 292 g/mol. The van der Waals surface area contributed by atoms with Gasteiger partial charge in [-0.05, 0) is 25.2 Å². The predicted molar refractivity (Wildman–Crippen MR) is 70.0 cm³/mol. The number of carbonyl (C=O) groups is 1. The first-order valence-electron chi connectivity index (χ1n) is 7.39. The zero-order chi connectivity index (χ0) is 15.0. The molecule has 2 rings (SSSR count). The van der Waals surface area contributed by atoms with Crippen molar-refractivity contribution in [1.29, 1.82) is 0 Å². The summed E-state index contributed by atoms with van der Waals surface area (Å²) in [4.78, 5) is 14.0. The molecule has 0 aromatic heterocycles. The van der Waals surface area contributed by atoms with Crippen LogP contribution in [0.5, 0.6) is 0 Å². The normalized spacial score (nSPS) is 26.2.